The largest absolute Gasteiger partial charge is 0.444 e. The maximum Gasteiger partial charge on any atom is 0.410 e. The maximum atomic E-state index is 12.7. The normalized spacial score (nSPS) is 18.6. The summed E-state index contributed by atoms with van der Waals surface area (Å²) >= 11 is 0. The Morgan fingerprint density at radius 3 is 2.18 bits per heavy atom. The highest BCUT2D eigenvalue weighted by Gasteiger charge is 2.35. The molecule has 4 heterocycles. The zero-order valence-corrected chi connectivity index (χ0v) is 31.0. The van der Waals surface area contributed by atoms with Crippen molar-refractivity contribution in [1.82, 2.24) is 30.4 Å². The summed E-state index contributed by atoms with van der Waals surface area (Å²) in [6.45, 7) is 22.3. The van der Waals surface area contributed by atoms with E-state index in [1.54, 1.807) is 0 Å². The lowest BCUT2D eigenvalue weighted by molar-refractivity contribution is 0.0204. The summed E-state index contributed by atoms with van der Waals surface area (Å²) in [6.07, 6.45) is 4.79. The van der Waals surface area contributed by atoms with Gasteiger partial charge in [-0.05, 0) is 123 Å². The first-order valence-corrected chi connectivity index (χ1v) is 18.0. The monoisotopic (exact) mass is 686 g/mol. The summed E-state index contributed by atoms with van der Waals surface area (Å²) in [5.41, 5.74) is 3.67. The molecule has 2 aromatic heterocycles. The van der Waals surface area contributed by atoms with Gasteiger partial charge in [-0.25, -0.2) is 14.6 Å². The second-order valence-electron chi connectivity index (χ2n) is 16.6. The van der Waals surface area contributed by atoms with E-state index in [1.165, 1.54) is 5.56 Å². The van der Waals surface area contributed by atoms with Gasteiger partial charge in [-0.3, -0.25) is 5.10 Å². The van der Waals surface area contributed by atoms with Crippen molar-refractivity contribution >= 4 is 46.2 Å². The Hall–Kier alpha value is -4.35. The van der Waals surface area contributed by atoms with Crippen molar-refractivity contribution in [1.29, 1.82) is 0 Å². The topological polar surface area (TPSA) is 138 Å². The van der Waals surface area contributed by atoms with Gasteiger partial charge < -0.3 is 29.9 Å². The number of carbonyl (C=O) groups is 2. The van der Waals surface area contributed by atoms with E-state index in [1.807, 2.05) is 53.4 Å². The van der Waals surface area contributed by atoms with Crippen LogP contribution in [0.2, 0.25) is 0 Å². The minimum Gasteiger partial charge on any atom is -0.444 e. The summed E-state index contributed by atoms with van der Waals surface area (Å²) in [7, 11) is 0. The molecule has 50 heavy (non-hydrogen) atoms. The van der Waals surface area contributed by atoms with Crippen molar-refractivity contribution < 1.29 is 19.1 Å². The number of rotatable bonds is 7. The Bertz CT molecular complexity index is 1750. The molecule has 3 fully saturated rings. The highest BCUT2D eigenvalue weighted by atomic mass is 16.6. The highest BCUT2D eigenvalue weighted by Crippen LogP contribution is 2.44. The maximum absolute atomic E-state index is 12.7. The van der Waals surface area contributed by atoms with Crippen LogP contribution in [0.4, 0.5) is 27.2 Å². The molecule has 2 saturated heterocycles. The quantitative estimate of drug-likeness (QED) is 0.226. The van der Waals surface area contributed by atoms with Crippen molar-refractivity contribution in [3.05, 3.63) is 41.6 Å². The van der Waals surface area contributed by atoms with Crippen LogP contribution in [0, 0.1) is 0 Å². The molecular formula is C38H54N8O4. The summed E-state index contributed by atoms with van der Waals surface area (Å²) in [6, 6.07) is 6.44. The SMILES string of the molecule is C=C(C)c1c(Nc2nc(N3CCC(C)(NC(=O)OC(C)(C)C)CC3)nc3ccc(C4CCN(C(=O)OC(C)(C)C)CC4)cc23)n[nH]c1C1CC1. The molecule has 0 atom stereocenters. The molecule has 3 aliphatic rings. The van der Waals surface area contributed by atoms with Crippen LogP contribution in [0.3, 0.4) is 0 Å². The average molecular weight is 687 g/mol. The van der Waals surface area contributed by atoms with Crippen LogP contribution in [0.1, 0.15) is 123 Å². The van der Waals surface area contributed by atoms with E-state index in [0.29, 0.717) is 55.6 Å². The van der Waals surface area contributed by atoms with Crippen molar-refractivity contribution in [2.75, 3.05) is 36.4 Å². The van der Waals surface area contributed by atoms with Crippen LogP contribution in [0.25, 0.3) is 16.5 Å². The number of carbonyl (C=O) groups excluding carboxylic acids is 2. The molecule has 1 aliphatic carbocycles. The van der Waals surface area contributed by atoms with E-state index in [0.717, 1.165) is 66.3 Å². The van der Waals surface area contributed by atoms with Gasteiger partial charge in [0.25, 0.3) is 0 Å². The number of piperidine rings is 2. The van der Waals surface area contributed by atoms with Gasteiger partial charge in [0, 0.05) is 54.3 Å². The van der Waals surface area contributed by atoms with Crippen molar-refractivity contribution in [2.24, 2.45) is 0 Å². The number of allylic oxidation sites excluding steroid dienone is 1. The van der Waals surface area contributed by atoms with Gasteiger partial charge in [0.05, 0.1) is 5.52 Å². The summed E-state index contributed by atoms with van der Waals surface area (Å²) < 4.78 is 11.2. The third kappa shape index (κ3) is 8.33. The number of amides is 2. The minimum atomic E-state index is -0.557. The van der Waals surface area contributed by atoms with Crippen LogP contribution in [-0.2, 0) is 9.47 Å². The lowest BCUT2D eigenvalue weighted by Crippen LogP contribution is -2.54. The van der Waals surface area contributed by atoms with Crippen LogP contribution in [0.15, 0.2) is 24.8 Å². The van der Waals surface area contributed by atoms with Gasteiger partial charge in [-0.1, -0.05) is 12.6 Å². The number of ether oxygens (including phenoxy) is 2. The van der Waals surface area contributed by atoms with Crippen molar-refractivity contribution in [3.63, 3.8) is 0 Å². The molecule has 2 aliphatic heterocycles. The smallest absolute Gasteiger partial charge is 0.410 e. The first-order valence-electron chi connectivity index (χ1n) is 18.0. The van der Waals surface area contributed by atoms with Gasteiger partial charge in [-0.2, -0.15) is 10.1 Å². The molecule has 2 amide bonds. The molecule has 1 saturated carbocycles. The number of nitrogens with one attached hydrogen (secondary N) is 3. The number of hydrogen-bond acceptors (Lipinski definition) is 9. The second-order valence-corrected chi connectivity index (χ2v) is 16.6. The molecule has 0 unspecified atom stereocenters. The molecule has 12 heteroatoms. The minimum absolute atomic E-state index is 0.251. The van der Waals surface area contributed by atoms with E-state index in [9.17, 15) is 9.59 Å². The van der Waals surface area contributed by atoms with E-state index in [4.69, 9.17) is 24.5 Å². The Labute approximate surface area is 295 Å². The number of benzene rings is 1. The van der Waals surface area contributed by atoms with Gasteiger partial charge >= 0.3 is 12.2 Å². The van der Waals surface area contributed by atoms with Gasteiger partial charge in [0.2, 0.25) is 5.95 Å². The molecule has 6 rings (SSSR count). The Morgan fingerprint density at radius 2 is 1.58 bits per heavy atom. The number of nitrogens with zero attached hydrogens (tertiary/aromatic N) is 5. The molecule has 3 aromatic rings. The summed E-state index contributed by atoms with van der Waals surface area (Å²) in [5.74, 6) is 2.81. The van der Waals surface area contributed by atoms with Crippen molar-refractivity contribution in [3.8, 4) is 0 Å². The molecule has 0 radical (unpaired) electrons. The lowest BCUT2D eigenvalue weighted by atomic mass is 9.89. The number of likely N-dealkylation sites (tertiary alicyclic amines) is 1. The van der Waals surface area contributed by atoms with Crippen LogP contribution in [0.5, 0.6) is 0 Å². The van der Waals surface area contributed by atoms with Crippen LogP contribution < -0.4 is 15.5 Å². The number of fused-ring (bicyclic) bond motifs is 1. The van der Waals surface area contributed by atoms with Gasteiger partial charge in [0.1, 0.15) is 17.0 Å². The van der Waals surface area contributed by atoms with E-state index in [2.05, 4.69) is 52.3 Å². The number of alkyl carbamates (subject to hydrolysis) is 1. The highest BCUT2D eigenvalue weighted by molar-refractivity contribution is 5.93. The molecule has 0 bridgehead atoms. The molecule has 0 spiro atoms. The van der Waals surface area contributed by atoms with Gasteiger partial charge in [-0.15, -0.1) is 0 Å². The fourth-order valence-corrected chi connectivity index (χ4v) is 6.88. The Kier molecular flexibility index (Phi) is 9.51. The second kappa shape index (κ2) is 13.4. The number of anilines is 3. The molecule has 3 N–H and O–H groups in total. The summed E-state index contributed by atoms with van der Waals surface area (Å²) in [4.78, 5) is 39.5. The molecule has 12 nitrogen and oxygen atoms in total. The standard InChI is InChI=1S/C38H54N8O4/c1-23(2)29-30(25-10-11-25)43-44-32(29)40-31-27-22-26(24-14-18-46(19-15-24)35(48)50-37(6,7)8)12-13-28(27)39-33(41-31)45-20-16-38(9,17-21-45)42-34(47)49-36(3,4)5/h12-13,22,24-25H,1,10-11,14-21H2,2-9H3,(H,42,47)(H2,39,40,41,43,44). The van der Waals surface area contributed by atoms with Gasteiger partial charge in [0.15, 0.2) is 5.82 Å². The predicted octanol–water partition coefficient (Wildman–Crippen LogP) is 8.01. The van der Waals surface area contributed by atoms with E-state index >= 15 is 0 Å². The first kappa shape index (κ1) is 35.5. The lowest BCUT2D eigenvalue weighted by Gasteiger charge is -2.40. The number of hydrogen-bond donors (Lipinski definition) is 3. The van der Waals surface area contributed by atoms with Crippen LogP contribution in [-0.4, -0.2) is 80.2 Å². The third-order valence-electron chi connectivity index (χ3n) is 9.72. The zero-order valence-electron chi connectivity index (χ0n) is 31.0. The average Bonchev–Trinajstić information content (AvgIpc) is 3.78. The first-order chi connectivity index (χ1) is 23.5. The van der Waals surface area contributed by atoms with E-state index in [-0.39, 0.29) is 6.09 Å². The van der Waals surface area contributed by atoms with Crippen molar-refractivity contribution in [2.45, 2.75) is 122 Å². The number of H-pyrrole nitrogens is 1. The number of aromatic nitrogens is 4. The Balaban J connectivity index is 1.26. The number of aromatic amines is 1. The molecule has 270 valence electrons. The molecule has 1 aromatic carbocycles. The van der Waals surface area contributed by atoms with Crippen LogP contribution >= 0.6 is 0 Å². The summed E-state index contributed by atoms with van der Waals surface area (Å²) in [5, 5.41) is 15.6. The van der Waals surface area contributed by atoms with E-state index < -0.39 is 22.8 Å². The fourth-order valence-electron chi connectivity index (χ4n) is 6.88. The zero-order chi connectivity index (χ0) is 36.0. The fraction of sp³-hybridized carbons (Fsp3) is 0.605. The third-order valence-corrected chi connectivity index (χ3v) is 9.72. The molecular weight excluding hydrogens is 632 g/mol. The predicted molar refractivity (Wildman–Crippen MR) is 197 cm³/mol. The Morgan fingerprint density at radius 1 is 0.920 bits per heavy atom.